The number of para-hydroxylation sites is 1. The van der Waals surface area contributed by atoms with E-state index in [-0.39, 0.29) is 0 Å². The number of anilines is 1. The quantitative estimate of drug-likeness (QED) is 0.733. The van der Waals surface area contributed by atoms with Crippen LogP contribution < -0.4 is 4.90 Å². The van der Waals surface area contributed by atoms with Crippen LogP contribution in [0.2, 0.25) is 0 Å². The third-order valence-corrected chi connectivity index (χ3v) is 2.95. The van der Waals surface area contributed by atoms with Crippen molar-refractivity contribution in [2.75, 3.05) is 18.0 Å². The average molecular weight is 217 g/mol. The summed E-state index contributed by atoms with van der Waals surface area (Å²) in [6.07, 6.45) is 1.41. The Balaban J connectivity index is 2.09. The molecular formula is C12H12FN3. The Labute approximate surface area is 92.9 Å². The lowest BCUT2D eigenvalue weighted by Gasteiger charge is -2.17. The van der Waals surface area contributed by atoms with E-state index in [2.05, 4.69) is 9.97 Å². The molecule has 3 nitrogen and oxygen atoms in total. The molecule has 1 saturated heterocycles. The second-order valence-corrected chi connectivity index (χ2v) is 4.05. The summed E-state index contributed by atoms with van der Waals surface area (Å²) in [5.74, 6) is 0.853. The maximum absolute atomic E-state index is 13.2. The maximum atomic E-state index is 13.2. The predicted molar refractivity (Wildman–Crippen MR) is 61.3 cm³/mol. The molecule has 1 atom stereocenters. The summed E-state index contributed by atoms with van der Waals surface area (Å²) in [6, 6.07) is 7.83. The van der Waals surface area contributed by atoms with Crippen LogP contribution in [0.4, 0.5) is 10.2 Å². The number of nitrogens with zero attached hydrogens (tertiary/aromatic N) is 3. The van der Waals surface area contributed by atoms with Crippen LogP contribution in [-0.2, 0) is 0 Å². The molecule has 0 spiro atoms. The van der Waals surface area contributed by atoms with E-state index in [4.69, 9.17) is 0 Å². The smallest absolute Gasteiger partial charge is 0.139 e. The summed E-state index contributed by atoms with van der Waals surface area (Å²) >= 11 is 0. The van der Waals surface area contributed by atoms with Crippen molar-refractivity contribution in [2.24, 2.45) is 0 Å². The highest BCUT2D eigenvalue weighted by Gasteiger charge is 2.23. The van der Waals surface area contributed by atoms with Crippen LogP contribution in [0.25, 0.3) is 10.9 Å². The molecular weight excluding hydrogens is 205 g/mol. The molecule has 1 aromatic heterocycles. The number of benzene rings is 1. The molecule has 0 saturated carbocycles. The fraction of sp³-hybridized carbons (Fsp3) is 0.333. The molecule has 1 aromatic carbocycles. The summed E-state index contributed by atoms with van der Waals surface area (Å²) in [5, 5.41) is 0.999. The highest BCUT2D eigenvalue weighted by Crippen LogP contribution is 2.26. The lowest BCUT2D eigenvalue weighted by atomic mass is 10.2. The van der Waals surface area contributed by atoms with Crippen LogP contribution in [0.15, 0.2) is 30.6 Å². The van der Waals surface area contributed by atoms with E-state index in [0.29, 0.717) is 13.0 Å². The van der Waals surface area contributed by atoms with Crippen LogP contribution in [0.1, 0.15) is 6.42 Å². The van der Waals surface area contributed by atoms with Crippen LogP contribution in [-0.4, -0.2) is 29.2 Å². The summed E-state index contributed by atoms with van der Waals surface area (Å²) in [7, 11) is 0. The Bertz CT molecular complexity index is 509. The molecule has 0 amide bonds. The van der Waals surface area contributed by atoms with Crippen molar-refractivity contribution in [3.63, 3.8) is 0 Å². The van der Waals surface area contributed by atoms with Gasteiger partial charge in [-0.1, -0.05) is 12.1 Å². The Morgan fingerprint density at radius 1 is 1.25 bits per heavy atom. The number of fused-ring (bicyclic) bond motifs is 1. The first-order valence-electron chi connectivity index (χ1n) is 5.43. The summed E-state index contributed by atoms with van der Waals surface area (Å²) in [5.41, 5.74) is 0.912. The Hall–Kier alpha value is -1.71. The Morgan fingerprint density at radius 2 is 2.12 bits per heavy atom. The summed E-state index contributed by atoms with van der Waals surface area (Å²) < 4.78 is 13.2. The molecule has 0 bridgehead atoms. The summed E-state index contributed by atoms with van der Waals surface area (Å²) in [6.45, 7) is 1.18. The molecule has 1 aliphatic heterocycles. The lowest BCUT2D eigenvalue weighted by Crippen LogP contribution is -2.21. The Kier molecular flexibility index (Phi) is 2.20. The molecule has 2 heterocycles. The lowest BCUT2D eigenvalue weighted by molar-refractivity contribution is 0.364. The van der Waals surface area contributed by atoms with Crippen molar-refractivity contribution in [1.29, 1.82) is 0 Å². The van der Waals surface area contributed by atoms with Crippen molar-refractivity contribution in [3.05, 3.63) is 30.6 Å². The molecule has 0 radical (unpaired) electrons. The van der Waals surface area contributed by atoms with Gasteiger partial charge in [-0.2, -0.15) is 0 Å². The van der Waals surface area contributed by atoms with Gasteiger partial charge in [-0.15, -0.1) is 0 Å². The van der Waals surface area contributed by atoms with Crippen molar-refractivity contribution in [1.82, 2.24) is 9.97 Å². The van der Waals surface area contributed by atoms with Gasteiger partial charge >= 0.3 is 0 Å². The number of aromatic nitrogens is 2. The largest absolute Gasteiger partial charge is 0.353 e. The average Bonchev–Trinajstić information content (AvgIpc) is 2.75. The number of hydrogen-bond donors (Lipinski definition) is 0. The Morgan fingerprint density at radius 3 is 2.94 bits per heavy atom. The second kappa shape index (κ2) is 3.70. The second-order valence-electron chi connectivity index (χ2n) is 4.05. The monoisotopic (exact) mass is 217 g/mol. The van der Waals surface area contributed by atoms with Crippen molar-refractivity contribution >= 4 is 16.7 Å². The SMILES string of the molecule is FC1CCN(c2ncnc3ccccc23)C1. The topological polar surface area (TPSA) is 29.0 Å². The van der Waals surface area contributed by atoms with Gasteiger partial charge in [0.1, 0.15) is 18.3 Å². The minimum absolute atomic E-state index is 0.445. The molecule has 0 aliphatic carbocycles. The van der Waals surface area contributed by atoms with E-state index in [9.17, 15) is 4.39 Å². The fourth-order valence-electron chi connectivity index (χ4n) is 2.15. The van der Waals surface area contributed by atoms with Crippen molar-refractivity contribution < 1.29 is 4.39 Å². The third kappa shape index (κ3) is 1.50. The molecule has 16 heavy (non-hydrogen) atoms. The molecule has 3 rings (SSSR count). The maximum Gasteiger partial charge on any atom is 0.139 e. The van der Waals surface area contributed by atoms with Crippen LogP contribution in [0, 0.1) is 0 Å². The van der Waals surface area contributed by atoms with E-state index >= 15 is 0 Å². The van der Waals surface area contributed by atoms with Crippen LogP contribution in [0.3, 0.4) is 0 Å². The van der Waals surface area contributed by atoms with E-state index in [1.807, 2.05) is 29.2 Å². The molecule has 2 aromatic rings. The molecule has 1 aliphatic rings. The predicted octanol–water partition coefficient (Wildman–Crippen LogP) is 2.18. The number of halogens is 1. The van der Waals surface area contributed by atoms with Crippen LogP contribution in [0.5, 0.6) is 0 Å². The van der Waals surface area contributed by atoms with Gasteiger partial charge in [-0.25, -0.2) is 14.4 Å². The molecule has 1 fully saturated rings. The molecule has 1 unspecified atom stereocenters. The standard InChI is InChI=1S/C12H12FN3/c13-9-5-6-16(7-9)12-10-3-1-2-4-11(10)14-8-15-12/h1-4,8-9H,5-7H2. The van der Waals surface area contributed by atoms with E-state index in [1.54, 1.807) is 6.33 Å². The van der Waals surface area contributed by atoms with Gasteiger partial charge in [-0.3, -0.25) is 0 Å². The van der Waals surface area contributed by atoms with E-state index in [1.165, 1.54) is 0 Å². The first-order chi connectivity index (χ1) is 7.84. The zero-order chi connectivity index (χ0) is 11.0. The molecule has 0 N–H and O–H groups in total. The summed E-state index contributed by atoms with van der Waals surface area (Å²) in [4.78, 5) is 10.5. The van der Waals surface area contributed by atoms with Gasteiger partial charge < -0.3 is 4.90 Å². The zero-order valence-electron chi connectivity index (χ0n) is 8.81. The first kappa shape index (κ1) is 9.51. The van der Waals surface area contributed by atoms with Gasteiger partial charge in [0.25, 0.3) is 0 Å². The number of hydrogen-bond acceptors (Lipinski definition) is 3. The molecule has 4 heteroatoms. The van der Waals surface area contributed by atoms with Crippen molar-refractivity contribution in [3.8, 4) is 0 Å². The van der Waals surface area contributed by atoms with Gasteiger partial charge in [0, 0.05) is 11.9 Å². The van der Waals surface area contributed by atoms with Gasteiger partial charge in [0.05, 0.1) is 12.1 Å². The highest BCUT2D eigenvalue weighted by molar-refractivity contribution is 5.89. The first-order valence-corrected chi connectivity index (χ1v) is 5.43. The van der Waals surface area contributed by atoms with Gasteiger partial charge in [0.2, 0.25) is 0 Å². The van der Waals surface area contributed by atoms with Gasteiger partial charge in [0.15, 0.2) is 0 Å². The minimum Gasteiger partial charge on any atom is -0.353 e. The normalized spacial score (nSPS) is 20.6. The highest BCUT2D eigenvalue weighted by atomic mass is 19.1. The van der Waals surface area contributed by atoms with E-state index < -0.39 is 6.17 Å². The number of rotatable bonds is 1. The van der Waals surface area contributed by atoms with Crippen LogP contribution >= 0.6 is 0 Å². The number of alkyl halides is 1. The zero-order valence-corrected chi connectivity index (χ0v) is 8.81. The molecule has 82 valence electrons. The third-order valence-electron chi connectivity index (χ3n) is 2.95. The van der Waals surface area contributed by atoms with Crippen molar-refractivity contribution in [2.45, 2.75) is 12.6 Å². The minimum atomic E-state index is -0.728. The fourth-order valence-corrected chi connectivity index (χ4v) is 2.15. The van der Waals surface area contributed by atoms with Gasteiger partial charge in [-0.05, 0) is 18.6 Å². The van der Waals surface area contributed by atoms with E-state index in [0.717, 1.165) is 23.3 Å².